The number of hydrogen-bond acceptors (Lipinski definition) is 4. The molecule has 0 spiro atoms. The van der Waals surface area contributed by atoms with E-state index >= 15 is 0 Å². The van der Waals surface area contributed by atoms with Crippen molar-refractivity contribution in [3.05, 3.63) is 58.3 Å². The molecule has 0 radical (unpaired) electrons. The standard InChI is InChI=1S/C14H12N2OS/c1-9-16-13(8-18-9)14(17)12-7-15-6-10-4-2-3-5-11(10)12/h2-8,14,17H,1H3. The minimum absolute atomic E-state index is 0.690. The summed E-state index contributed by atoms with van der Waals surface area (Å²) in [6.07, 6.45) is 2.80. The molecule has 0 aliphatic heterocycles. The number of aromatic nitrogens is 2. The van der Waals surface area contributed by atoms with Crippen molar-refractivity contribution in [2.24, 2.45) is 0 Å². The average Bonchev–Trinajstić information content (AvgIpc) is 2.84. The number of hydrogen-bond donors (Lipinski definition) is 1. The summed E-state index contributed by atoms with van der Waals surface area (Å²) in [5, 5.41) is 15.3. The Hall–Kier alpha value is -1.78. The van der Waals surface area contributed by atoms with Crippen molar-refractivity contribution >= 4 is 22.1 Å². The Morgan fingerprint density at radius 2 is 2.06 bits per heavy atom. The molecule has 0 saturated carbocycles. The van der Waals surface area contributed by atoms with Crippen LogP contribution >= 0.6 is 11.3 Å². The summed E-state index contributed by atoms with van der Waals surface area (Å²) in [6, 6.07) is 7.91. The van der Waals surface area contributed by atoms with E-state index in [-0.39, 0.29) is 0 Å². The van der Waals surface area contributed by atoms with Crippen LogP contribution in [0.1, 0.15) is 22.4 Å². The van der Waals surface area contributed by atoms with Crippen LogP contribution in [0.5, 0.6) is 0 Å². The molecule has 0 bridgehead atoms. The zero-order chi connectivity index (χ0) is 12.5. The van der Waals surface area contributed by atoms with Gasteiger partial charge in [-0.1, -0.05) is 24.3 Å². The van der Waals surface area contributed by atoms with E-state index in [4.69, 9.17) is 0 Å². The molecule has 2 aromatic heterocycles. The van der Waals surface area contributed by atoms with Gasteiger partial charge in [-0.25, -0.2) is 4.98 Å². The minimum atomic E-state index is -0.714. The summed E-state index contributed by atoms with van der Waals surface area (Å²) >= 11 is 1.54. The van der Waals surface area contributed by atoms with Gasteiger partial charge in [0.25, 0.3) is 0 Å². The van der Waals surface area contributed by atoms with E-state index in [1.165, 1.54) is 0 Å². The van der Waals surface area contributed by atoms with Gasteiger partial charge in [-0.05, 0) is 12.3 Å². The van der Waals surface area contributed by atoms with Gasteiger partial charge in [-0.3, -0.25) is 4.98 Å². The lowest BCUT2D eigenvalue weighted by Gasteiger charge is -2.10. The molecule has 0 amide bonds. The fourth-order valence-electron chi connectivity index (χ4n) is 2.02. The van der Waals surface area contributed by atoms with Gasteiger partial charge >= 0.3 is 0 Å². The van der Waals surface area contributed by atoms with Crippen molar-refractivity contribution in [3.63, 3.8) is 0 Å². The summed E-state index contributed by atoms with van der Waals surface area (Å²) in [5.41, 5.74) is 1.49. The number of nitrogens with zero attached hydrogens (tertiary/aromatic N) is 2. The van der Waals surface area contributed by atoms with Crippen molar-refractivity contribution in [2.45, 2.75) is 13.0 Å². The van der Waals surface area contributed by atoms with Gasteiger partial charge in [-0.2, -0.15) is 0 Å². The van der Waals surface area contributed by atoms with Crippen molar-refractivity contribution < 1.29 is 5.11 Å². The third kappa shape index (κ3) is 1.89. The van der Waals surface area contributed by atoms with Gasteiger partial charge in [0.2, 0.25) is 0 Å². The third-order valence-corrected chi connectivity index (χ3v) is 3.70. The SMILES string of the molecule is Cc1nc(C(O)c2cncc3ccccc23)cs1. The van der Waals surface area contributed by atoms with Gasteiger partial charge < -0.3 is 5.11 Å². The van der Waals surface area contributed by atoms with Crippen LogP contribution in [0, 0.1) is 6.92 Å². The predicted octanol–water partition coefficient (Wildman–Crippen LogP) is 3.08. The first-order chi connectivity index (χ1) is 8.75. The number of aliphatic hydroxyl groups is 1. The predicted molar refractivity (Wildman–Crippen MR) is 72.7 cm³/mol. The van der Waals surface area contributed by atoms with Gasteiger partial charge in [0, 0.05) is 28.7 Å². The highest BCUT2D eigenvalue weighted by atomic mass is 32.1. The van der Waals surface area contributed by atoms with E-state index in [0.717, 1.165) is 21.3 Å². The van der Waals surface area contributed by atoms with Crippen LogP contribution in [0.15, 0.2) is 42.0 Å². The van der Waals surface area contributed by atoms with Gasteiger partial charge in [0.15, 0.2) is 0 Å². The smallest absolute Gasteiger partial charge is 0.124 e. The molecule has 0 fully saturated rings. The lowest BCUT2D eigenvalue weighted by molar-refractivity contribution is 0.217. The van der Waals surface area contributed by atoms with Crippen LogP contribution in [0.25, 0.3) is 10.8 Å². The lowest BCUT2D eigenvalue weighted by atomic mass is 10.0. The summed E-state index contributed by atoms with van der Waals surface area (Å²) in [6.45, 7) is 1.93. The molecule has 18 heavy (non-hydrogen) atoms. The highest BCUT2D eigenvalue weighted by molar-refractivity contribution is 7.09. The van der Waals surface area contributed by atoms with Crippen LogP contribution in [0.3, 0.4) is 0 Å². The summed E-state index contributed by atoms with van der Waals surface area (Å²) in [5.74, 6) is 0. The van der Waals surface area contributed by atoms with E-state index in [0.29, 0.717) is 5.69 Å². The first-order valence-electron chi connectivity index (χ1n) is 5.68. The molecule has 0 aliphatic carbocycles. The zero-order valence-electron chi connectivity index (χ0n) is 9.87. The zero-order valence-corrected chi connectivity index (χ0v) is 10.7. The molecule has 3 aromatic rings. The van der Waals surface area contributed by atoms with Crippen molar-refractivity contribution in [1.82, 2.24) is 9.97 Å². The number of pyridine rings is 1. The first kappa shape index (κ1) is 11.3. The van der Waals surface area contributed by atoms with Crippen LogP contribution < -0.4 is 0 Å². The molecule has 4 heteroatoms. The quantitative estimate of drug-likeness (QED) is 0.766. The van der Waals surface area contributed by atoms with Crippen molar-refractivity contribution in [2.75, 3.05) is 0 Å². The normalized spacial score (nSPS) is 12.8. The van der Waals surface area contributed by atoms with Gasteiger partial charge in [0.1, 0.15) is 6.10 Å². The van der Waals surface area contributed by atoms with E-state index < -0.39 is 6.10 Å². The summed E-state index contributed by atoms with van der Waals surface area (Å²) in [7, 11) is 0. The second-order valence-electron chi connectivity index (χ2n) is 4.14. The molecule has 0 saturated heterocycles. The molecule has 1 atom stereocenters. The average molecular weight is 256 g/mol. The molecule has 2 heterocycles. The Balaban J connectivity index is 2.14. The Morgan fingerprint density at radius 3 is 2.83 bits per heavy atom. The largest absolute Gasteiger partial charge is 0.382 e. The summed E-state index contributed by atoms with van der Waals surface area (Å²) < 4.78 is 0. The number of fused-ring (bicyclic) bond motifs is 1. The maximum atomic E-state index is 10.4. The monoisotopic (exact) mass is 256 g/mol. The van der Waals surface area contributed by atoms with Crippen LogP contribution in [0.4, 0.5) is 0 Å². The Labute approximate surface area is 109 Å². The van der Waals surface area contributed by atoms with E-state index in [1.807, 2.05) is 36.6 Å². The second kappa shape index (κ2) is 4.48. The molecule has 3 rings (SSSR count). The molecule has 1 aromatic carbocycles. The van der Waals surface area contributed by atoms with Gasteiger partial charge in [-0.15, -0.1) is 11.3 Å². The Kier molecular flexibility index (Phi) is 2.81. The third-order valence-electron chi connectivity index (χ3n) is 2.91. The van der Waals surface area contributed by atoms with Crippen LogP contribution in [-0.4, -0.2) is 15.1 Å². The Bertz CT molecular complexity index is 688. The van der Waals surface area contributed by atoms with Crippen LogP contribution in [0.2, 0.25) is 0 Å². The fourth-order valence-corrected chi connectivity index (χ4v) is 2.65. The molecule has 90 valence electrons. The molecule has 0 aliphatic rings. The molecule has 1 N–H and O–H groups in total. The number of aliphatic hydroxyl groups excluding tert-OH is 1. The second-order valence-corrected chi connectivity index (χ2v) is 5.21. The van der Waals surface area contributed by atoms with E-state index in [2.05, 4.69) is 9.97 Å². The topological polar surface area (TPSA) is 46.0 Å². The molecule has 1 unspecified atom stereocenters. The fraction of sp³-hybridized carbons (Fsp3) is 0.143. The molecular formula is C14H12N2OS. The highest BCUT2D eigenvalue weighted by Gasteiger charge is 2.16. The summed E-state index contributed by atoms with van der Waals surface area (Å²) in [4.78, 5) is 8.52. The number of rotatable bonds is 2. The van der Waals surface area contributed by atoms with Crippen LogP contribution in [-0.2, 0) is 0 Å². The van der Waals surface area contributed by atoms with Crippen molar-refractivity contribution in [3.8, 4) is 0 Å². The number of thiazole rings is 1. The number of aryl methyl sites for hydroxylation is 1. The van der Waals surface area contributed by atoms with E-state index in [1.54, 1.807) is 23.7 Å². The maximum Gasteiger partial charge on any atom is 0.124 e. The Morgan fingerprint density at radius 1 is 1.22 bits per heavy atom. The van der Waals surface area contributed by atoms with E-state index in [9.17, 15) is 5.11 Å². The highest BCUT2D eigenvalue weighted by Crippen LogP contribution is 2.28. The minimum Gasteiger partial charge on any atom is -0.382 e. The first-order valence-corrected chi connectivity index (χ1v) is 6.56. The van der Waals surface area contributed by atoms with Crippen molar-refractivity contribution in [1.29, 1.82) is 0 Å². The lowest BCUT2D eigenvalue weighted by Crippen LogP contribution is -2.01. The maximum absolute atomic E-state index is 10.4. The molecular weight excluding hydrogens is 244 g/mol. The molecule has 3 nitrogen and oxygen atoms in total. The van der Waals surface area contributed by atoms with Gasteiger partial charge in [0.05, 0.1) is 10.7 Å². The number of benzene rings is 1.